The minimum absolute atomic E-state index is 0.120. The highest BCUT2D eigenvalue weighted by Gasteiger charge is 2.15. The summed E-state index contributed by atoms with van der Waals surface area (Å²) >= 11 is 8.09. The van der Waals surface area contributed by atoms with Gasteiger partial charge in [0.2, 0.25) is 0 Å². The van der Waals surface area contributed by atoms with Gasteiger partial charge in [-0.3, -0.25) is 9.69 Å². The van der Waals surface area contributed by atoms with Crippen molar-refractivity contribution in [3.8, 4) is 0 Å². The first kappa shape index (κ1) is 17.7. The zero-order chi connectivity index (χ0) is 16.9. The van der Waals surface area contributed by atoms with Gasteiger partial charge in [-0.05, 0) is 52.4 Å². The van der Waals surface area contributed by atoms with Crippen molar-refractivity contribution in [2.75, 3.05) is 31.6 Å². The number of benzene rings is 2. The van der Waals surface area contributed by atoms with Gasteiger partial charge in [-0.1, -0.05) is 29.8 Å². The van der Waals surface area contributed by atoms with E-state index in [9.17, 15) is 4.79 Å². The van der Waals surface area contributed by atoms with E-state index in [1.807, 2.05) is 18.2 Å². The Balaban J connectivity index is 1.75. The van der Waals surface area contributed by atoms with E-state index in [-0.39, 0.29) is 5.91 Å². The van der Waals surface area contributed by atoms with E-state index in [0.717, 1.165) is 47.7 Å². The van der Waals surface area contributed by atoms with Crippen molar-refractivity contribution >= 4 is 45.8 Å². The molecule has 0 atom stereocenters. The summed E-state index contributed by atoms with van der Waals surface area (Å²) in [7, 11) is 0. The summed E-state index contributed by atoms with van der Waals surface area (Å²) < 4.78 is 6.23. The van der Waals surface area contributed by atoms with Crippen molar-refractivity contribution in [3.05, 3.63) is 62.2 Å². The van der Waals surface area contributed by atoms with Crippen LogP contribution in [0.2, 0.25) is 5.02 Å². The van der Waals surface area contributed by atoms with Crippen molar-refractivity contribution < 1.29 is 9.53 Å². The summed E-state index contributed by atoms with van der Waals surface area (Å²) in [5.74, 6) is -0.120. The highest BCUT2D eigenvalue weighted by Crippen LogP contribution is 2.22. The summed E-state index contributed by atoms with van der Waals surface area (Å²) in [5.41, 5.74) is 2.58. The number of nitrogens with zero attached hydrogens (tertiary/aromatic N) is 1. The molecule has 2 aromatic rings. The van der Waals surface area contributed by atoms with Gasteiger partial charge in [-0.2, -0.15) is 0 Å². The van der Waals surface area contributed by atoms with Gasteiger partial charge in [0.05, 0.1) is 18.8 Å². The lowest BCUT2D eigenvalue weighted by atomic mass is 10.1. The molecule has 1 heterocycles. The Hall–Kier alpha value is -1.15. The Bertz CT molecular complexity index is 733. The zero-order valence-electron chi connectivity index (χ0n) is 13.1. The highest BCUT2D eigenvalue weighted by atomic mass is 127. The molecule has 0 unspecified atom stereocenters. The molecule has 2 aromatic carbocycles. The molecule has 0 aliphatic carbocycles. The molecule has 1 aliphatic rings. The van der Waals surface area contributed by atoms with Gasteiger partial charge in [-0.15, -0.1) is 0 Å². The SMILES string of the molecule is O=C(Nc1ccccc1CN1CCOCC1)c1ccc(Cl)cc1I. The van der Waals surface area contributed by atoms with Crippen LogP contribution in [0.3, 0.4) is 0 Å². The molecule has 1 saturated heterocycles. The fourth-order valence-electron chi connectivity index (χ4n) is 2.64. The topological polar surface area (TPSA) is 41.6 Å². The maximum atomic E-state index is 12.6. The lowest BCUT2D eigenvalue weighted by Gasteiger charge is -2.27. The highest BCUT2D eigenvalue weighted by molar-refractivity contribution is 14.1. The average Bonchev–Trinajstić information content (AvgIpc) is 2.57. The largest absolute Gasteiger partial charge is 0.379 e. The van der Waals surface area contributed by atoms with Gasteiger partial charge in [0.25, 0.3) is 5.91 Å². The number of carbonyl (C=O) groups is 1. The molecule has 0 aromatic heterocycles. The second-order valence-corrected chi connectivity index (χ2v) is 7.22. The summed E-state index contributed by atoms with van der Waals surface area (Å²) in [5, 5.41) is 3.66. The van der Waals surface area contributed by atoms with Crippen molar-refractivity contribution in [3.63, 3.8) is 0 Å². The number of amides is 1. The van der Waals surface area contributed by atoms with Gasteiger partial charge in [-0.25, -0.2) is 0 Å². The van der Waals surface area contributed by atoms with Gasteiger partial charge >= 0.3 is 0 Å². The second kappa shape index (κ2) is 8.29. The second-order valence-electron chi connectivity index (χ2n) is 5.62. The third-order valence-electron chi connectivity index (χ3n) is 3.94. The average molecular weight is 457 g/mol. The zero-order valence-corrected chi connectivity index (χ0v) is 16.0. The number of para-hydroxylation sites is 1. The number of ether oxygens (including phenoxy) is 1. The van der Waals surface area contributed by atoms with Crippen molar-refractivity contribution in [2.45, 2.75) is 6.54 Å². The van der Waals surface area contributed by atoms with E-state index in [1.54, 1.807) is 18.2 Å². The van der Waals surface area contributed by atoms with Gasteiger partial charge < -0.3 is 10.1 Å². The summed E-state index contributed by atoms with van der Waals surface area (Å²) in [4.78, 5) is 14.9. The van der Waals surface area contributed by atoms with Crippen molar-refractivity contribution in [2.24, 2.45) is 0 Å². The number of rotatable bonds is 4. The smallest absolute Gasteiger partial charge is 0.256 e. The van der Waals surface area contributed by atoms with Gasteiger partial charge in [0.15, 0.2) is 0 Å². The molecule has 4 nitrogen and oxygen atoms in total. The van der Waals surface area contributed by atoms with Crippen LogP contribution in [0.1, 0.15) is 15.9 Å². The maximum Gasteiger partial charge on any atom is 0.256 e. The number of morpholine rings is 1. The van der Waals surface area contributed by atoms with Crippen LogP contribution < -0.4 is 5.32 Å². The van der Waals surface area contributed by atoms with Crippen LogP contribution in [0, 0.1) is 3.57 Å². The lowest BCUT2D eigenvalue weighted by molar-refractivity contribution is 0.0342. The Labute approximate surface area is 160 Å². The normalized spacial score (nSPS) is 15.2. The Morgan fingerprint density at radius 3 is 2.71 bits per heavy atom. The minimum atomic E-state index is -0.120. The van der Waals surface area contributed by atoms with Crippen LogP contribution in [0.25, 0.3) is 0 Å². The van der Waals surface area contributed by atoms with Crippen LogP contribution in [0.15, 0.2) is 42.5 Å². The Morgan fingerprint density at radius 1 is 1.21 bits per heavy atom. The van der Waals surface area contributed by atoms with Crippen LogP contribution >= 0.6 is 34.2 Å². The molecule has 126 valence electrons. The first-order chi connectivity index (χ1) is 11.6. The summed E-state index contributed by atoms with van der Waals surface area (Å²) in [6.07, 6.45) is 0. The number of carbonyl (C=O) groups excluding carboxylic acids is 1. The molecule has 1 N–H and O–H groups in total. The quantitative estimate of drug-likeness (QED) is 0.707. The molecular formula is C18H18ClIN2O2. The molecular weight excluding hydrogens is 439 g/mol. The fraction of sp³-hybridized carbons (Fsp3) is 0.278. The third-order valence-corrected chi connectivity index (χ3v) is 5.07. The van der Waals surface area contributed by atoms with E-state index >= 15 is 0 Å². The Kier molecular flexibility index (Phi) is 6.10. The number of hydrogen-bond acceptors (Lipinski definition) is 3. The molecule has 1 fully saturated rings. The number of anilines is 1. The first-order valence-electron chi connectivity index (χ1n) is 7.78. The predicted octanol–water partition coefficient (Wildman–Crippen LogP) is 4.03. The van der Waals surface area contributed by atoms with E-state index in [4.69, 9.17) is 16.3 Å². The number of hydrogen-bond donors (Lipinski definition) is 1. The summed E-state index contributed by atoms with van der Waals surface area (Å²) in [6, 6.07) is 13.2. The molecule has 0 saturated carbocycles. The maximum absolute atomic E-state index is 12.6. The van der Waals surface area contributed by atoms with Crippen LogP contribution in [0.5, 0.6) is 0 Å². The van der Waals surface area contributed by atoms with Gasteiger partial charge in [0, 0.05) is 33.9 Å². The fourth-order valence-corrected chi connectivity index (χ4v) is 3.76. The molecule has 1 amide bonds. The Morgan fingerprint density at radius 2 is 1.96 bits per heavy atom. The van der Waals surface area contributed by atoms with E-state index in [2.05, 4.69) is 38.9 Å². The number of nitrogens with one attached hydrogen (secondary N) is 1. The molecule has 1 aliphatic heterocycles. The van der Waals surface area contributed by atoms with Crippen molar-refractivity contribution in [1.29, 1.82) is 0 Å². The minimum Gasteiger partial charge on any atom is -0.379 e. The molecule has 3 rings (SSSR count). The number of halogens is 2. The molecule has 6 heteroatoms. The predicted molar refractivity (Wildman–Crippen MR) is 105 cm³/mol. The van der Waals surface area contributed by atoms with E-state index in [0.29, 0.717) is 10.6 Å². The molecule has 0 spiro atoms. The molecule has 0 radical (unpaired) electrons. The van der Waals surface area contributed by atoms with Gasteiger partial charge in [0.1, 0.15) is 0 Å². The van der Waals surface area contributed by atoms with E-state index in [1.165, 1.54) is 0 Å². The third kappa shape index (κ3) is 4.47. The van der Waals surface area contributed by atoms with Crippen molar-refractivity contribution in [1.82, 2.24) is 4.90 Å². The standard InChI is InChI=1S/C18H18ClIN2O2/c19-14-5-6-15(16(20)11-14)18(23)21-17-4-2-1-3-13(17)12-22-7-9-24-10-8-22/h1-6,11H,7-10,12H2,(H,21,23). The molecule has 0 bridgehead atoms. The van der Waals surface area contributed by atoms with Crippen LogP contribution in [0.4, 0.5) is 5.69 Å². The monoisotopic (exact) mass is 456 g/mol. The first-order valence-corrected chi connectivity index (χ1v) is 9.23. The molecule has 24 heavy (non-hydrogen) atoms. The van der Waals surface area contributed by atoms with Crippen LogP contribution in [-0.2, 0) is 11.3 Å². The van der Waals surface area contributed by atoms with E-state index < -0.39 is 0 Å². The summed E-state index contributed by atoms with van der Waals surface area (Å²) in [6.45, 7) is 4.15. The van der Waals surface area contributed by atoms with Crippen LogP contribution in [-0.4, -0.2) is 37.1 Å². The lowest BCUT2D eigenvalue weighted by Crippen LogP contribution is -2.35.